The van der Waals surface area contributed by atoms with Crippen molar-refractivity contribution in [1.82, 2.24) is 15.2 Å². The van der Waals surface area contributed by atoms with Crippen LogP contribution in [-0.4, -0.2) is 35.6 Å². The third kappa shape index (κ3) is 3.74. The summed E-state index contributed by atoms with van der Waals surface area (Å²) in [5.41, 5.74) is -0.914. The molecule has 3 nitrogen and oxygen atoms in total. The van der Waals surface area contributed by atoms with Crippen molar-refractivity contribution in [3.8, 4) is 0 Å². The first-order valence-electron chi connectivity index (χ1n) is 7.13. The molecule has 1 unspecified atom stereocenters. The second-order valence-corrected chi connectivity index (χ2v) is 5.51. The Hall–Kier alpha value is -1.14. The number of alkyl halides is 3. The first-order valence-corrected chi connectivity index (χ1v) is 7.13. The predicted octanol–water partition coefficient (Wildman–Crippen LogP) is 3.48. The van der Waals surface area contributed by atoms with Crippen LogP contribution in [0.15, 0.2) is 18.5 Å². The van der Waals surface area contributed by atoms with Crippen LogP contribution in [0.25, 0.3) is 0 Å². The summed E-state index contributed by atoms with van der Waals surface area (Å²) in [6, 6.07) is 0.570. The predicted molar refractivity (Wildman–Crippen MR) is 78.0 cm³/mol. The topological polar surface area (TPSA) is 28.2 Å². The highest BCUT2D eigenvalue weighted by Gasteiger charge is 2.41. The summed E-state index contributed by atoms with van der Waals surface area (Å²) >= 11 is 0. The van der Waals surface area contributed by atoms with Gasteiger partial charge in [0.15, 0.2) is 0 Å². The average Bonchev–Trinajstić information content (AvgIpc) is 2.39. The van der Waals surface area contributed by atoms with Crippen molar-refractivity contribution in [2.24, 2.45) is 0 Å². The van der Waals surface area contributed by atoms with Gasteiger partial charge in [-0.3, -0.25) is 9.88 Å². The van der Waals surface area contributed by atoms with Crippen molar-refractivity contribution in [3.05, 3.63) is 29.6 Å². The molecule has 0 saturated carbocycles. The van der Waals surface area contributed by atoms with Gasteiger partial charge in [0.2, 0.25) is 0 Å². The van der Waals surface area contributed by atoms with Crippen LogP contribution in [0.2, 0.25) is 0 Å². The van der Waals surface area contributed by atoms with Gasteiger partial charge in [-0.05, 0) is 40.1 Å². The van der Waals surface area contributed by atoms with Gasteiger partial charge in [-0.25, -0.2) is 0 Å². The van der Waals surface area contributed by atoms with Crippen LogP contribution in [0.1, 0.15) is 44.9 Å². The van der Waals surface area contributed by atoms with Crippen molar-refractivity contribution in [3.63, 3.8) is 0 Å². The van der Waals surface area contributed by atoms with Crippen LogP contribution in [0.5, 0.6) is 0 Å². The van der Waals surface area contributed by atoms with Gasteiger partial charge in [-0.2, -0.15) is 13.2 Å². The Morgan fingerprint density at radius 3 is 2.24 bits per heavy atom. The van der Waals surface area contributed by atoms with Gasteiger partial charge >= 0.3 is 6.18 Å². The maximum atomic E-state index is 13.2. The lowest BCUT2D eigenvalue weighted by molar-refractivity contribution is -0.138. The van der Waals surface area contributed by atoms with Gasteiger partial charge < -0.3 is 5.32 Å². The monoisotopic (exact) mass is 303 g/mol. The molecule has 0 radical (unpaired) electrons. The molecule has 21 heavy (non-hydrogen) atoms. The highest BCUT2D eigenvalue weighted by atomic mass is 19.4. The Bertz CT molecular complexity index is 454. The quantitative estimate of drug-likeness (QED) is 0.872. The maximum Gasteiger partial charge on any atom is 0.416 e. The van der Waals surface area contributed by atoms with Crippen LogP contribution in [0.4, 0.5) is 13.2 Å². The Balaban J connectivity index is 3.35. The van der Waals surface area contributed by atoms with E-state index in [1.807, 2.05) is 27.7 Å². The van der Waals surface area contributed by atoms with Crippen LogP contribution in [0.3, 0.4) is 0 Å². The molecule has 1 heterocycles. The molecule has 1 rings (SSSR count). The Kier molecular flexibility index (Phi) is 5.75. The van der Waals surface area contributed by atoms with Crippen LogP contribution >= 0.6 is 0 Å². The molecule has 0 aliphatic rings. The highest BCUT2D eigenvalue weighted by molar-refractivity contribution is 5.31. The van der Waals surface area contributed by atoms with E-state index in [-0.39, 0.29) is 5.56 Å². The molecule has 0 aliphatic heterocycles. The van der Waals surface area contributed by atoms with E-state index in [9.17, 15) is 13.2 Å². The lowest BCUT2D eigenvalue weighted by Gasteiger charge is -2.44. The summed E-state index contributed by atoms with van der Waals surface area (Å²) in [5.74, 6) is 0. The van der Waals surface area contributed by atoms with E-state index < -0.39 is 23.3 Å². The fraction of sp³-hybridized carbons (Fsp3) is 0.667. The number of likely N-dealkylation sites (N-methyl/N-ethyl adjacent to an activating group) is 2. The third-order valence-corrected chi connectivity index (χ3v) is 4.04. The number of nitrogens with one attached hydrogen (secondary N) is 1. The molecule has 1 atom stereocenters. The summed E-state index contributed by atoms with van der Waals surface area (Å²) in [7, 11) is 1.68. The Labute approximate surface area is 124 Å². The van der Waals surface area contributed by atoms with Gasteiger partial charge in [-0.15, -0.1) is 0 Å². The summed E-state index contributed by atoms with van der Waals surface area (Å²) in [6.07, 6.45) is -1.88. The minimum Gasteiger partial charge on any atom is -0.311 e. The number of hydrogen-bond donors (Lipinski definition) is 1. The minimum atomic E-state index is -4.38. The molecule has 0 fully saturated rings. The van der Waals surface area contributed by atoms with E-state index in [2.05, 4.69) is 15.2 Å². The minimum absolute atomic E-state index is 0.185. The molecule has 0 spiro atoms. The van der Waals surface area contributed by atoms with E-state index in [1.54, 1.807) is 7.05 Å². The van der Waals surface area contributed by atoms with Crippen molar-refractivity contribution in [1.29, 1.82) is 0 Å². The summed E-state index contributed by atoms with van der Waals surface area (Å²) < 4.78 is 39.7. The molecular weight excluding hydrogens is 279 g/mol. The van der Waals surface area contributed by atoms with Gasteiger partial charge in [0, 0.05) is 23.5 Å². The van der Waals surface area contributed by atoms with Crippen LogP contribution in [0, 0.1) is 0 Å². The molecule has 0 saturated heterocycles. The van der Waals surface area contributed by atoms with Gasteiger partial charge in [0.05, 0.1) is 11.6 Å². The fourth-order valence-electron chi connectivity index (χ4n) is 3.01. The number of rotatable bonds is 6. The average molecular weight is 303 g/mol. The smallest absolute Gasteiger partial charge is 0.311 e. The normalized spacial score (nSPS) is 14.5. The fourth-order valence-corrected chi connectivity index (χ4v) is 3.01. The second-order valence-electron chi connectivity index (χ2n) is 5.51. The van der Waals surface area contributed by atoms with Crippen LogP contribution < -0.4 is 5.32 Å². The lowest BCUT2D eigenvalue weighted by atomic mass is 9.85. The van der Waals surface area contributed by atoms with Crippen molar-refractivity contribution in [2.45, 2.75) is 45.5 Å². The van der Waals surface area contributed by atoms with Gasteiger partial charge in [0.25, 0.3) is 0 Å². The Morgan fingerprint density at radius 1 is 1.24 bits per heavy atom. The zero-order valence-corrected chi connectivity index (χ0v) is 13.3. The molecule has 0 aromatic carbocycles. The molecule has 0 aliphatic carbocycles. The van der Waals surface area contributed by atoms with E-state index in [4.69, 9.17) is 0 Å². The number of nitrogens with zero attached hydrogens (tertiary/aromatic N) is 2. The molecule has 1 aromatic heterocycles. The van der Waals surface area contributed by atoms with Gasteiger partial charge in [-0.1, -0.05) is 13.8 Å². The van der Waals surface area contributed by atoms with E-state index in [1.165, 1.54) is 12.4 Å². The summed E-state index contributed by atoms with van der Waals surface area (Å²) in [4.78, 5) is 6.03. The first kappa shape index (κ1) is 17.9. The molecule has 6 heteroatoms. The zero-order valence-electron chi connectivity index (χ0n) is 13.3. The number of aromatic nitrogens is 1. The maximum absolute atomic E-state index is 13.2. The number of halogens is 3. The number of hydrogen-bond acceptors (Lipinski definition) is 3. The van der Waals surface area contributed by atoms with E-state index in [0.717, 1.165) is 19.2 Å². The number of pyridine rings is 1. The summed E-state index contributed by atoms with van der Waals surface area (Å²) in [6.45, 7) is 9.45. The van der Waals surface area contributed by atoms with Gasteiger partial charge in [0.1, 0.15) is 0 Å². The zero-order chi connectivity index (χ0) is 16.3. The highest BCUT2D eigenvalue weighted by Crippen LogP contribution is 2.38. The first-order chi connectivity index (χ1) is 9.70. The largest absolute Gasteiger partial charge is 0.416 e. The molecule has 120 valence electrons. The van der Waals surface area contributed by atoms with Crippen molar-refractivity contribution >= 4 is 0 Å². The Morgan fingerprint density at radius 2 is 1.81 bits per heavy atom. The molecule has 1 N–H and O–H groups in total. The van der Waals surface area contributed by atoms with Crippen molar-refractivity contribution in [2.75, 3.05) is 20.1 Å². The molecule has 0 bridgehead atoms. The standard InChI is InChI=1S/C15H24F3N3/c1-6-21(7-2)14(3,4)13(19-5)11-10-20-9-8-12(11)15(16,17)18/h8-10,13,19H,6-7H2,1-5H3. The van der Waals surface area contributed by atoms with Crippen LogP contribution in [-0.2, 0) is 6.18 Å². The lowest BCUT2D eigenvalue weighted by Crippen LogP contribution is -2.52. The molecule has 1 aromatic rings. The molecule has 0 amide bonds. The third-order valence-electron chi connectivity index (χ3n) is 4.04. The SMILES string of the molecule is CCN(CC)C(C)(C)C(NC)c1cnccc1C(F)(F)F. The summed E-state index contributed by atoms with van der Waals surface area (Å²) in [5, 5.41) is 3.04. The van der Waals surface area contributed by atoms with E-state index in [0.29, 0.717) is 0 Å². The molecular formula is C15H24F3N3. The second kappa shape index (κ2) is 6.75. The van der Waals surface area contributed by atoms with E-state index >= 15 is 0 Å². The van der Waals surface area contributed by atoms with Crippen molar-refractivity contribution < 1.29 is 13.2 Å².